The first kappa shape index (κ1) is 27.4. The summed E-state index contributed by atoms with van der Waals surface area (Å²) in [5.41, 5.74) is 8.06. The number of fused-ring (bicyclic) bond motifs is 1. The first-order valence-corrected chi connectivity index (χ1v) is 12.5. The molecule has 0 bridgehead atoms. The molecule has 1 aliphatic heterocycles. The lowest BCUT2D eigenvalue weighted by atomic mass is 9.79. The highest BCUT2D eigenvalue weighted by Crippen LogP contribution is 2.34. The van der Waals surface area contributed by atoms with Crippen LogP contribution in [-0.4, -0.2) is 47.7 Å². The van der Waals surface area contributed by atoms with Crippen LogP contribution in [0.1, 0.15) is 42.9 Å². The van der Waals surface area contributed by atoms with Crippen molar-refractivity contribution in [1.29, 1.82) is 0 Å². The van der Waals surface area contributed by atoms with Gasteiger partial charge in [-0.3, -0.25) is 14.7 Å². The summed E-state index contributed by atoms with van der Waals surface area (Å²) in [6, 6.07) is 8.67. The van der Waals surface area contributed by atoms with Gasteiger partial charge in [-0.15, -0.1) is 0 Å². The number of carboxylic acids is 1. The van der Waals surface area contributed by atoms with Gasteiger partial charge in [-0.2, -0.15) is 0 Å². The van der Waals surface area contributed by atoms with Gasteiger partial charge in [0.05, 0.1) is 24.7 Å². The quantitative estimate of drug-likeness (QED) is 0.321. The number of nitrogens with zero attached hydrogens (tertiary/aromatic N) is 2. The Balaban J connectivity index is 1.40. The van der Waals surface area contributed by atoms with Crippen molar-refractivity contribution in [3.05, 3.63) is 71.2 Å². The first-order chi connectivity index (χ1) is 18.2. The second kappa shape index (κ2) is 12.3. The number of hydrogen-bond donors (Lipinski definition) is 2. The van der Waals surface area contributed by atoms with Crippen molar-refractivity contribution in [1.82, 2.24) is 9.88 Å². The van der Waals surface area contributed by atoms with E-state index in [-0.39, 0.29) is 36.4 Å². The fraction of sp³-hybridized carbons (Fsp3) is 0.379. The second-order valence-electron chi connectivity index (χ2n) is 9.66. The minimum atomic E-state index is -1.28. The lowest BCUT2D eigenvalue weighted by molar-refractivity contribution is -0.139. The summed E-state index contributed by atoms with van der Waals surface area (Å²) < 4.78 is 46.0. The van der Waals surface area contributed by atoms with Crippen molar-refractivity contribution in [3.63, 3.8) is 0 Å². The smallest absolute Gasteiger partial charge is 0.303 e. The third kappa shape index (κ3) is 6.63. The number of aliphatic carboxylic acids is 1. The SMILES string of the molecule is COc1ccc2nccc([C@@H](N)CC[C@@H]3CCN(CC#Cc4cc(F)cc(F)c4F)C[C@@H]3CC(=O)O)c2c1. The predicted molar refractivity (Wildman–Crippen MR) is 138 cm³/mol. The van der Waals surface area contributed by atoms with Gasteiger partial charge < -0.3 is 15.6 Å². The summed E-state index contributed by atoms with van der Waals surface area (Å²) in [6.07, 6.45) is 3.96. The molecule has 2 aromatic carbocycles. The van der Waals surface area contributed by atoms with E-state index in [2.05, 4.69) is 16.8 Å². The number of nitrogens with two attached hydrogens (primary N) is 1. The zero-order valence-electron chi connectivity index (χ0n) is 21.1. The van der Waals surface area contributed by atoms with Crippen LogP contribution in [0.25, 0.3) is 10.9 Å². The van der Waals surface area contributed by atoms with Crippen LogP contribution in [0.4, 0.5) is 13.2 Å². The summed E-state index contributed by atoms with van der Waals surface area (Å²) in [5, 5.41) is 10.4. The Kier molecular flexibility index (Phi) is 8.87. The van der Waals surface area contributed by atoms with E-state index in [1.807, 2.05) is 29.2 Å². The molecular formula is C29H30F3N3O3. The Hall–Kier alpha value is -3.61. The number of methoxy groups -OCH3 is 1. The molecule has 0 spiro atoms. The van der Waals surface area contributed by atoms with Crippen LogP contribution < -0.4 is 10.5 Å². The molecule has 1 aliphatic rings. The van der Waals surface area contributed by atoms with Crippen LogP contribution in [0.5, 0.6) is 5.75 Å². The maximum Gasteiger partial charge on any atom is 0.303 e. The number of benzene rings is 2. The molecule has 0 aliphatic carbocycles. The normalized spacial score (nSPS) is 18.6. The topological polar surface area (TPSA) is 88.7 Å². The number of hydrogen-bond acceptors (Lipinski definition) is 5. The van der Waals surface area contributed by atoms with Crippen LogP contribution in [0.2, 0.25) is 0 Å². The Morgan fingerprint density at radius 1 is 1.24 bits per heavy atom. The van der Waals surface area contributed by atoms with E-state index in [9.17, 15) is 23.1 Å². The monoisotopic (exact) mass is 525 g/mol. The summed E-state index contributed by atoms with van der Waals surface area (Å²) in [4.78, 5) is 18.0. The van der Waals surface area contributed by atoms with Crippen molar-refractivity contribution >= 4 is 16.9 Å². The zero-order valence-corrected chi connectivity index (χ0v) is 21.1. The van der Waals surface area contributed by atoms with E-state index in [0.29, 0.717) is 25.6 Å². The first-order valence-electron chi connectivity index (χ1n) is 12.5. The van der Waals surface area contributed by atoms with Gasteiger partial charge in [0.25, 0.3) is 0 Å². The van der Waals surface area contributed by atoms with Gasteiger partial charge in [-0.1, -0.05) is 11.8 Å². The summed E-state index contributed by atoms with van der Waals surface area (Å²) >= 11 is 0. The molecule has 1 aromatic heterocycles. The molecule has 0 radical (unpaired) electrons. The van der Waals surface area contributed by atoms with Crippen LogP contribution >= 0.6 is 0 Å². The van der Waals surface area contributed by atoms with Crippen LogP contribution in [-0.2, 0) is 4.79 Å². The highest BCUT2D eigenvalue weighted by atomic mass is 19.2. The standard InChI is InChI=1S/C29H30F3N3O3/c1-38-22-5-7-27-24(16-22)23(8-10-34-27)26(33)6-4-18-9-12-35(17-20(18)14-28(36)37)11-2-3-19-13-21(30)15-25(31)29(19)32/h5,7-8,10,13,15-16,18,20,26H,4,6,9,11-12,14,17,33H2,1H3,(H,36,37)/t18-,20+,26+/m1/s1. The largest absolute Gasteiger partial charge is 0.497 e. The molecule has 9 heteroatoms. The number of carboxylic acid groups (broad SMARTS) is 1. The van der Waals surface area contributed by atoms with Crippen LogP contribution in [0.3, 0.4) is 0 Å². The highest BCUT2D eigenvalue weighted by Gasteiger charge is 2.31. The van der Waals surface area contributed by atoms with E-state index in [4.69, 9.17) is 10.5 Å². The van der Waals surface area contributed by atoms with Gasteiger partial charge in [0.1, 0.15) is 11.6 Å². The van der Waals surface area contributed by atoms with Gasteiger partial charge in [0, 0.05) is 36.7 Å². The number of halogens is 3. The minimum Gasteiger partial charge on any atom is -0.497 e. The lowest BCUT2D eigenvalue weighted by Crippen LogP contribution is -2.41. The van der Waals surface area contributed by atoms with Gasteiger partial charge in [-0.25, -0.2) is 13.2 Å². The van der Waals surface area contributed by atoms with Crippen molar-refractivity contribution in [2.24, 2.45) is 17.6 Å². The molecule has 0 unspecified atom stereocenters. The Labute approximate surface area is 219 Å². The molecule has 1 saturated heterocycles. The van der Waals surface area contributed by atoms with E-state index >= 15 is 0 Å². The van der Waals surface area contributed by atoms with E-state index < -0.39 is 23.4 Å². The molecule has 2 heterocycles. The lowest BCUT2D eigenvalue weighted by Gasteiger charge is -2.37. The molecule has 3 atom stereocenters. The number of likely N-dealkylation sites (tertiary alicyclic amines) is 1. The minimum absolute atomic E-state index is 0.0168. The Morgan fingerprint density at radius 2 is 2.05 bits per heavy atom. The predicted octanol–water partition coefficient (Wildman–Crippen LogP) is 4.91. The molecular weight excluding hydrogens is 495 g/mol. The zero-order chi connectivity index (χ0) is 27.2. The number of rotatable bonds is 8. The summed E-state index contributed by atoms with van der Waals surface area (Å²) in [6.45, 7) is 1.43. The molecule has 6 nitrogen and oxygen atoms in total. The van der Waals surface area contributed by atoms with Crippen LogP contribution in [0.15, 0.2) is 42.6 Å². The van der Waals surface area contributed by atoms with Gasteiger partial charge in [0.2, 0.25) is 0 Å². The number of carbonyl (C=O) groups is 1. The maximum atomic E-state index is 13.9. The molecule has 0 amide bonds. The van der Waals surface area contributed by atoms with Gasteiger partial charge in [-0.05, 0) is 73.5 Å². The number of piperidine rings is 1. The Bertz CT molecular complexity index is 1370. The van der Waals surface area contributed by atoms with E-state index in [0.717, 1.165) is 41.1 Å². The molecule has 4 rings (SSSR count). The summed E-state index contributed by atoms with van der Waals surface area (Å²) in [5.74, 6) is 1.82. The third-order valence-corrected chi connectivity index (χ3v) is 7.16. The van der Waals surface area contributed by atoms with Crippen molar-refractivity contribution < 1.29 is 27.8 Å². The second-order valence-corrected chi connectivity index (χ2v) is 9.66. The third-order valence-electron chi connectivity index (χ3n) is 7.16. The number of ether oxygens (including phenoxy) is 1. The van der Waals surface area contributed by atoms with Gasteiger partial charge in [0.15, 0.2) is 11.6 Å². The molecule has 38 heavy (non-hydrogen) atoms. The molecule has 200 valence electrons. The van der Waals surface area contributed by atoms with E-state index in [1.54, 1.807) is 13.3 Å². The molecule has 3 aromatic rings. The van der Waals surface area contributed by atoms with Crippen molar-refractivity contribution in [2.45, 2.75) is 31.7 Å². The average Bonchev–Trinajstić information content (AvgIpc) is 2.89. The fourth-order valence-electron chi connectivity index (χ4n) is 5.17. The summed E-state index contributed by atoms with van der Waals surface area (Å²) in [7, 11) is 1.61. The number of pyridine rings is 1. The Morgan fingerprint density at radius 3 is 2.82 bits per heavy atom. The fourth-order valence-corrected chi connectivity index (χ4v) is 5.17. The molecule has 0 saturated carbocycles. The van der Waals surface area contributed by atoms with Crippen molar-refractivity contribution in [2.75, 3.05) is 26.7 Å². The van der Waals surface area contributed by atoms with Crippen molar-refractivity contribution in [3.8, 4) is 17.6 Å². The number of aromatic nitrogens is 1. The van der Waals surface area contributed by atoms with E-state index in [1.165, 1.54) is 0 Å². The maximum absolute atomic E-state index is 13.9. The molecule has 3 N–H and O–H groups in total. The highest BCUT2D eigenvalue weighted by molar-refractivity contribution is 5.84. The molecule has 1 fully saturated rings. The average molecular weight is 526 g/mol. The van der Waals surface area contributed by atoms with Gasteiger partial charge >= 0.3 is 5.97 Å². The van der Waals surface area contributed by atoms with Crippen LogP contribution in [0, 0.1) is 41.1 Å².